The van der Waals surface area contributed by atoms with E-state index >= 15 is 0 Å². The summed E-state index contributed by atoms with van der Waals surface area (Å²) in [5, 5.41) is 18.3. The van der Waals surface area contributed by atoms with Gasteiger partial charge in [0, 0.05) is 23.9 Å². The largest absolute Gasteiger partial charge is 0.446 e. The Morgan fingerprint density at radius 1 is 1.21 bits per heavy atom. The Labute approximate surface area is 172 Å². The molecule has 3 unspecified atom stereocenters. The number of rotatable bonds is 5. The molecule has 28 heavy (non-hydrogen) atoms. The molecule has 0 aromatic heterocycles. The van der Waals surface area contributed by atoms with Gasteiger partial charge in [-0.05, 0) is 36.8 Å². The normalized spacial score (nSPS) is 18.5. The molecule has 152 valence electrons. The molecule has 3 rings (SSSR count). The highest BCUT2D eigenvalue weighted by atomic mass is 79.9. The summed E-state index contributed by atoms with van der Waals surface area (Å²) in [6.45, 7) is 2.24. The number of carbonyl (C=O) groups excluding carboxylic acids is 1. The molecule has 0 aliphatic carbocycles. The van der Waals surface area contributed by atoms with Gasteiger partial charge >= 0.3 is 6.09 Å². The first kappa shape index (κ1) is 22.3. The predicted octanol–water partition coefficient (Wildman–Crippen LogP) is 4.29. The summed E-state index contributed by atoms with van der Waals surface area (Å²) >= 11 is 3.39. The lowest BCUT2D eigenvalue weighted by molar-refractivity contribution is -0.0178. The molecule has 2 aromatic carbocycles. The summed E-state index contributed by atoms with van der Waals surface area (Å²) in [6, 6.07) is 15.7. The third kappa shape index (κ3) is 6.89. The quantitative estimate of drug-likeness (QED) is 0.708. The molecule has 0 bridgehead atoms. The highest BCUT2D eigenvalue weighted by molar-refractivity contribution is 9.10. The van der Waals surface area contributed by atoms with Crippen LogP contribution in [0.1, 0.15) is 31.4 Å². The fourth-order valence-corrected chi connectivity index (χ4v) is 3.14. The highest BCUT2D eigenvalue weighted by Crippen LogP contribution is 2.27. The molecule has 0 saturated carbocycles. The van der Waals surface area contributed by atoms with Crippen LogP contribution in [0.4, 0.5) is 9.18 Å². The smallest absolute Gasteiger partial charge is 0.410 e. The van der Waals surface area contributed by atoms with Gasteiger partial charge < -0.3 is 19.8 Å². The highest BCUT2D eigenvalue weighted by Gasteiger charge is 2.31. The summed E-state index contributed by atoms with van der Waals surface area (Å²) in [5.41, 5.74) is 1.05. The minimum atomic E-state index is -0.835. The molecule has 0 radical (unpaired) electrons. The fraction of sp³-hybridized carbons (Fsp3) is 0.381. The van der Waals surface area contributed by atoms with Crippen LogP contribution in [0, 0.1) is 5.82 Å². The average molecular weight is 454 g/mol. The van der Waals surface area contributed by atoms with E-state index in [-0.39, 0.29) is 37.1 Å². The Bertz CT molecular complexity index is 729. The molecule has 1 heterocycles. The zero-order chi connectivity index (χ0) is 20.5. The molecule has 2 N–H and O–H groups in total. The number of hydrogen-bond donors (Lipinski definition) is 2. The van der Waals surface area contributed by atoms with E-state index in [4.69, 9.17) is 9.84 Å². The van der Waals surface area contributed by atoms with Gasteiger partial charge in [-0.25, -0.2) is 9.18 Å². The second-order valence-corrected chi connectivity index (χ2v) is 7.50. The van der Waals surface area contributed by atoms with Crippen molar-refractivity contribution in [2.45, 2.75) is 38.0 Å². The maximum atomic E-state index is 12.1. The zero-order valence-corrected chi connectivity index (χ0v) is 17.3. The van der Waals surface area contributed by atoms with Crippen molar-refractivity contribution in [1.82, 2.24) is 4.90 Å². The SMILES string of the molecule is CC(c1ccc(Br)cc1)N1CCC(CC(O)CO)OC1=O.Fc1ccccc1. The molecular formula is C21H25BrFNO4. The van der Waals surface area contributed by atoms with Crippen molar-refractivity contribution in [3.05, 3.63) is 70.5 Å². The van der Waals surface area contributed by atoms with Gasteiger partial charge in [-0.2, -0.15) is 0 Å². The maximum absolute atomic E-state index is 12.1. The number of aliphatic hydroxyl groups is 2. The van der Waals surface area contributed by atoms with E-state index in [9.17, 15) is 14.3 Å². The monoisotopic (exact) mass is 453 g/mol. The van der Waals surface area contributed by atoms with Crippen LogP contribution in [0.25, 0.3) is 0 Å². The van der Waals surface area contributed by atoms with Gasteiger partial charge in [-0.3, -0.25) is 0 Å². The second kappa shape index (κ2) is 11.1. The molecular weight excluding hydrogens is 429 g/mol. The predicted molar refractivity (Wildman–Crippen MR) is 108 cm³/mol. The topological polar surface area (TPSA) is 70.0 Å². The number of aliphatic hydroxyl groups excluding tert-OH is 2. The third-order valence-electron chi connectivity index (χ3n) is 4.49. The number of benzene rings is 2. The molecule has 1 aliphatic heterocycles. The lowest BCUT2D eigenvalue weighted by Gasteiger charge is -2.36. The molecule has 1 fully saturated rings. The summed E-state index contributed by atoms with van der Waals surface area (Å²) in [7, 11) is 0. The molecule has 1 saturated heterocycles. The first-order valence-corrected chi connectivity index (χ1v) is 9.92. The van der Waals surface area contributed by atoms with Crippen LogP contribution in [0.5, 0.6) is 0 Å². The molecule has 0 spiro atoms. The second-order valence-electron chi connectivity index (χ2n) is 6.58. The number of hydrogen-bond acceptors (Lipinski definition) is 4. The van der Waals surface area contributed by atoms with Gasteiger partial charge in [0.05, 0.1) is 18.8 Å². The fourth-order valence-electron chi connectivity index (χ4n) is 2.88. The zero-order valence-electron chi connectivity index (χ0n) is 15.7. The molecule has 3 atom stereocenters. The van der Waals surface area contributed by atoms with E-state index in [1.807, 2.05) is 31.2 Å². The first-order valence-electron chi connectivity index (χ1n) is 9.13. The Morgan fingerprint density at radius 3 is 2.36 bits per heavy atom. The van der Waals surface area contributed by atoms with Crippen molar-refractivity contribution in [1.29, 1.82) is 0 Å². The maximum Gasteiger partial charge on any atom is 0.410 e. The van der Waals surface area contributed by atoms with Crippen LogP contribution < -0.4 is 0 Å². The number of nitrogens with zero attached hydrogens (tertiary/aromatic N) is 1. The minimum Gasteiger partial charge on any atom is -0.446 e. The third-order valence-corrected chi connectivity index (χ3v) is 5.02. The van der Waals surface area contributed by atoms with Gasteiger partial charge in [0.25, 0.3) is 0 Å². The van der Waals surface area contributed by atoms with E-state index in [0.29, 0.717) is 13.0 Å². The van der Waals surface area contributed by atoms with Gasteiger partial charge in [-0.1, -0.05) is 46.3 Å². The van der Waals surface area contributed by atoms with Gasteiger partial charge in [0.15, 0.2) is 0 Å². The van der Waals surface area contributed by atoms with Gasteiger partial charge in [0.1, 0.15) is 11.9 Å². The Kier molecular flexibility index (Phi) is 8.89. The lowest BCUT2D eigenvalue weighted by atomic mass is 10.0. The first-order chi connectivity index (χ1) is 13.4. The van der Waals surface area contributed by atoms with Crippen LogP contribution in [0.2, 0.25) is 0 Å². The average Bonchev–Trinajstić information content (AvgIpc) is 2.69. The molecule has 1 amide bonds. The van der Waals surface area contributed by atoms with Crippen molar-refractivity contribution < 1.29 is 24.1 Å². The summed E-state index contributed by atoms with van der Waals surface area (Å²) in [5.74, 6) is -0.178. The van der Waals surface area contributed by atoms with E-state index < -0.39 is 6.10 Å². The summed E-state index contributed by atoms with van der Waals surface area (Å²) in [6.07, 6.45) is -0.593. The van der Waals surface area contributed by atoms with Crippen LogP contribution >= 0.6 is 15.9 Å². The molecule has 1 aliphatic rings. The van der Waals surface area contributed by atoms with Gasteiger partial charge in [-0.15, -0.1) is 0 Å². The van der Waals surface area contributed by atoms with Crippen LogP contribution in [-0.4, -0.2) is 46.6 Å². The lowest BCUT2D eigenvalue weighted by Crippen LogP contribution is -2.44. The standard InChI is InChI=1S/C15H20BrNO4.C6H5F/c1-10(11-2-4-12(16)5-3-11)17-7-6-14(21-15(17)20)8-13(19)9-18;7-6-4-2-1-3-5-6/h2-5,10,13-14,18-19H,6-9H2,1H3;1-5H. The Balaban J connectivity index is 0.000000336. The molecule has 5 nitrogen and oxygen atoms in total. The van der Waals surface area contributed by atoms with Crippen LogP contribution in [0.3, 0.4) is 0 Å². The number of ether oxygens (including phenoxy) is 1. The Hall–Kier alpha value is -1.96. The van der Waals surface area contributed by atoms with E-state index in [1.54, 1.807) is 23.1 Å². The van der Waals surface area contributed by atoms with Crippen LogP contribution in [-0.2, 0) is 4.74 Å². The van der Waals surface area contributed by atoms with E-state index in [1.165, 1.54) is 12.1 Å². The molecule has 7 heteroatoms. The minimum absolute atomic E-state index is 0.0608. The van der Waals surface area contributed by atoms with Crippen molar-refractivity contribution in [3.8, 4) is 0 Å². The summed E-state index contributed by atoms with van der Waals surface area (Å²) < 4.78 is 18.2. The van der Waals surface area contributed by atoms with E-state index in [2.05, 4.69) is 15.9 Å². The van der Waals surface area contributed by atoms with E-state index in [0.717, 1.165) is 10.0 Å². The van der Waals surface area contributed by atoms with Gasteiger partial charge in [0.2, 0.25) is 0 Å². The van der Waals surface area contributed by atoms with Crippen molar-refractivity contribution in [2.24, 2.45) is 0 Å². The van der Waals surface area contributed by atoms with Crippen molar-refractivity contribution in [2.75, 3.05) is 13.2 Å². The Morgan fingerprint density at radius 2 is 1.86 bits per heavy atom. The van der Waals surface area contributed by atoms with Crippen molar-refractivity contribution in [3.63, 3.8) is 0 Å². The number of amides is 1. The van der Waals surface area contributed by atoms with Crippen LogP contribution in [0.15, 0.2) is 59.1 Å². The van der Waals surface area contributed by atoms with Crippen molar-refractivity contribution >= 4 is 22.0 Å². The molecule has 2 aromatic rings. The number of carbonyl (C=O) groups is 1. The number of halogens is 2. The summed E-state index contributed by atoms with van der Waals surface area (Å²) in [4.78, 5) is 13.8. The number of cyclic esters (lactones) is 1.